The molecule has 1 saturated heterocycles. The van der Waals surface area contributed by atoms with Crippen LogP contribution in [0.4, 0.5) is 6.01 Å². The molecule has 1 amide bonds. The van der Waals surface area contributed by atoms with Crippen LogP contribution < -0.4 is 10.6 Å². The Morgan fingerprint density at radius 1 is 1.25 bits per heavy atom. The molecule has 0 unspecified atom stereocenters. The predicted molar refractivity (Wildman–Crippen MR) is 76.5 cm³/mol. The lowest BCUT2D eigenvalue weighted by Gasteiger charge is -2.33. The van der Waals surface area contributed by atoms with Crippen LogP contribution in [0.2, 0.25) is 0 Å². The van der Waals surface area contributed by atoms with Gasteiger partial charge in [-0.25, -0.2) is 0 Å². The van der Waals surface area contributed by atoms with Gasteiger partial charge in [-0.3, -0.25) is 4.79 Å². The average molecular weight is 274 g/mol. The van der Waals surface area contributed by atoms with Gasteiger partial charge in [0.05, 0.1) is 0 Å². The Labute approximate surface area is 117 Å². The molecule has 0 saturated carbocycles. The third-order valence-corrected chi connectivity index (χ3v) is 3.54. The molecule has 0 bridgehead atoms. The third kappa shape index (κ3) is 2.46. The summed E-state index contributed by atoms with van der Waals surface area (Å²) in [6.45, 7) is 3.27. The highest BCUT2D eigenvalue weighted by Crippen LogP contribution is 2.22. The highest BCUT2D eigenvalue weighted by atomic mass is 16.4. The standard InChI is InChI=1S/C14H18N4O2/c15-6-5-13(19)17-7-9-18(10-8-17)14-16-11-3-1-2-4-12(11)20-14/h1-4H,5-10,15H2. The number of benzene rings is 1. The van der Waals surface area contributed by atoms with Gasteiger partial charge in [0.1, 0.15) is 5.52 Å². The predicted octanol–water partition coefficient (Wildman–Crippen LogP) is 0.825. The van der Waals surface area contributed by atoms with Crippen molar-refractivity contribution in [2.24, 2.45) is 5.73 Å². The largest absolute Gasteiger partial charge is 0.423 e. The van der Waals surface area contributed by atoms with E-state index in [-0.39, 0.29) is 5.91 Å². The highest BCUT2D eigenvalue weighted by Gasteiger charge is 2.23. The molecule has 0 aliphatic carbocycles. The van der Waals surface area contributed by atoms with Gasteiger partial charge in [-0.05, 0) is 12.1 Å². The fourth-order valence-corrected chi connectivity index (χ4v) is 2.42. The molecule has 1 aliphatic heterocycles. The zero-order chi connectivity index (χ0) is 13.9. The van der Waals surface area contributed by atoms with Gasteiger partial charge in [-0.15, -0.1) is 0 Å². The van der Waals surface area contributed by atoms with Crippen molar-refractivity contribution in [1.82, 2.24) is 9.88 Å². The lowest BCUT2D eigenvalue weighted by atomic mass is 10.3. The van der Waals surface area contributed by atoms with Crippen LogP contribution in [0, 0.1) is 0 Å². The molecule has 1 aromatic heterocycles. The fraction of sp³-hybridized carbons (Fsp3) is 0.429. The molecule has 6 heteroatoms. The van der Waals surface area contributed by atoms with Crippen molar-refractivity contribution < 1.29 is 9.21 Å². The first kappa shape index (κ1) is 12.9. The minimum atomic E-state index is 0.129. The number of hydrogen-bond acceptors (Lipinski definition) is 5. The van der Waals surface area contributed by atoms with Gasteiger partial charge in [-0.2, -0.15) is 4.98 Å². The number of carbonyl (C=O) groups excluding carboxylic acids is 1. The lowest BCUT2D eigenvalue weighted by molar-refractivity contribution is -0.131. The Balaban J connectivity index is 1.67. The highest BCUT2D eigenvalue weighted by molar-refractivity contribution is 5.77. The molecular weight excluding hydrogens is 256 g/mol. The zero-order valence-corrected chi connectivity index (χ0v) is 11.3. The second-order valence-electron chi connectivity index (χ2n) is 4.87. The van der Waals surface area contributed by atoms with Crippen LogP contribution in [0.5, 0.6) is 0 Å². The first-order valence-corrected chi connectivity index (χ1v) is 6.86. The second kappa shape index (κ2) is 5.50. The average Bonchev–Trinajstić information content (AvgIpc) is 2.91. The maximum absolute atomic E-state index is 11.8. The number of rotatable bonds is 3. The van der Waals surface area contributed by atoms with E-state index in [0.717, 1.165) is 24.2 Å². The summed E-state index contributed by atoms with van der Waals surface area (Å²) in [4.78, 5) is 20.2. The first-order valence-electron chi connectivity index (χ1n) is 6.86. The SMILES string of the molecule is NCCC(=O)N1CCN(c2nc3ccccc3o2)CC1. The number of para-hydroxylation sites is 2. The molecule has 3 rings (SSSR count). The number of carbonyl (C=O) groups is 1. The van der Waals surface area contributed by atoms with Gasteiger partial charge >= 0.3 is 0 Å². The molecule has 2 N–H and O–H groups in total. The molecule has 1 fully saturated rings. The molecule has 0 spiro atoms. The Hall–Kier alpha value is -2.08. The first-order chi connectivity index (χ1) is 9.78. The van der Waals surface area contributed by atoms with Crippen LogP contribution in [0.3, 0.4) is 0 Å². The Kier molecular flexibility index (Phi) is 3.56. The summed E-state index contributed by atoms with van der Waals surface area (Å²) >= 11 is 0. The Morgan fingerprint density at radius 3 is 2.70 bits per heavy atom. The quantitative estimate of drug-likeness (QED) is 0.897. The van der Waals surface area contributed by atoms with Gasteiger partial charge in [0.15, 0.2) is 5.58 Å². The third-order valence-electron chi connectivity index (χ3n) is 3.54. The van der Waals surface area contributed by atoms with E-state index in [1.807, 2.05) is 29.2 Å². The second-order valence-corrected chi connectivity index (χ2v) is 4.87. The number of hydrogen-bond donors (Lipinski definition) is 1. The lowest BCUT2D eigenvalue weighted by Crippen LogP contribution is -2.49. The number of oxazole rings is 1. The number of amides is 1. The van der Waals surface area contributed by atoms with Crippen LogP contribution >= 0.6 is 0 Å². The number of fused-ring (bicyclic) bond motifs is 1. The van der Waals surface area contributed by atoms with Crippen LogP contribution in [0.1, 0.15) is 6.42 Å². The molecule has 0 atom stereocenters. The van der Waals surface area contributed by atoms with Crippen LogP contribution in [-0.2, 0) is 4.79 Å². The van der Waals surface area contributed by atoms with Crippen molar-refractivity contribution in [1.29, 1.82) is 0 Å². The van der Waals surface area contributed by atoms with Gasteiger partial charge in [0.25, 0.3) is 6.01 Å². The van der Waals surface area contributed by atoms with Crippen molar-refractivity contribution in [2.45, 2.75) is 6.42 Å². The van der Waals surface area contributed by atoms with E-state index >= 15 is 0 Å². The zero-order valence-electron chi connectivity index (χ0n) is 11.3. The maximum atomic E-state index is 11.8. The molecule has 106 valence electrons. The van der Waals surface area contributed by atoms with Crippen molar-refractivity contribution >= 4 is 23.0 Å². The fourth-order valence-electron chi connectivity index (χ4n) is 2.42. The van der Waals surface area contributed by atoms with Gasteiger partial charge in [0.2, 0.25) is 5.91 Å². The van der Waals surface area contributed by atoms with E-state index < -0.39 is 0 Å². The van der Waals surface area contributed by atoms with E-state index in [0.29, 0.717) is 32.1 Å². The summed E-state index contributed by atoms with van der Waals surface area (Å²) in [5.74, 6) is 0.129. The summed E-state index contributed by atoms with van der Waals surface area (Å²) in [7, 11) is 0. The summed E-state index contributed by atoms with van der Waals surface area (Å²) in [6.07, 6.45) is 0.420. The molecule has 20 heavy (non-hydrogen) atoms. The van der Waals surface area contributed by atoms with E-state index in [9.17, 15) is 4.79 Å². The minimum Gasteiger partial charge on any atom is -0.423 e. The monoisotopic (exact) mass is 274 g/mol. The van der Waals surface area contributed by atoms with Crippen molar-refractivity contribution in [3.63, 3.8) is 0 Å². The van der Waals surface area contributed by atoms with E-state index in [4.69, 9.17) is 10.2 Å². The number of piperazine rings is 1. The summed E-state index contributed by atoms with van der Waals surface area (Å²) in [5, 5.41) is 0. The summed E-state index contributed by atoms with van der Waals surface area (Å²) in [5.41, 5.74) is 7.08. The van der Waals surface area contributed by atoms with E-state index in [1.54, 1.807) is 0 Å². The maximum Gasteiger partial charge on any atom is 0.298 e. The molecule has 2 aromatic rings. The van der Waals surface area contributed by atoms with E-state index in [1.165, 1.54) is 0 Å². The minimum absolute atomic E-state index is 0.129. The molecule has 2 heterocycles. The molecular formula is C14H18N4O2. The molecule has 1 aliphatic rings. The van der Waals surface area contributed by atoms with Gasteiger partial charge < -0.3 is 20.0 Å². The number of anilines is 1. The van der Waals surface area contributed by atoms with Crippen LogP contribution in [-0.4, -0.2) is 48.5 Å². The van der Waals surface area contributed by atoms with E-state index in [2.05, 4.69) is 9.88 Å². The Morgan fingerprint density at radius 2 is 2.00 bits per heavy atom. The van der Waals surface area contributed by atoms with Crippen molar-refractivity contribution in [3.8, 4) is 0 Å². The normalized spacial score (nSPS) is 15.8. The molecule has 1 aromatic carbocycles. The van der Waals surface area contributed by atoms with Gasteiger partial charge in [-0.1, -0.05) is 12.1 Å². The Bertz CT molecular complexity index is 569. The molecule has 6 nitrogen and oxygen atoms in total. The van der Waals surface area contributed by atoms with Gasteiger partial charge in [0, 0.05) is 39.1 Å². The van der Waals surface area contributed by atoms with Crippen molar-refractivity contribution in [2.75, 3.05) is 37.6 Å². The topological polar surface area (TPSA) is 75.6 Å². The number of aromatic nitrogens is 1. The number of nitrogens with two attached hydrogens (primary N) is 1. The van der Waals surface area contributed by atoms with Crippen LogP contribution in [0.25, 0.3) is 11.1 Å². The summed E-state index contributed by atoms with van der Waals surface area (Å²) < 4.78 is 5.74. The molecule has 0 radical (unpaired) electrons. The van der Waals surface area contributed by atoms with Crippen molar-refractivity contribution in [3.05, 3.63) is 24.3 Å². The summed E-state index contributed by atoms with van der Waals surface area (Å²) in [6, 6.07) is 8.35. The number of nitrogens with zero attached hydrogens (tertiary/aromatic N) is 3. The smallest absolute Gasteiger partial charge is 0.298 e. The van der Waals surface area contributed by atoms with Crippen LogP contribution in [0.15, 0.2) is 28.7 Å².